The molecule has 0 amide bonds. The Labute approximate surface area is 126 Å². The number of nitrogens with one attached hydrogen (secondary N) is 1. The molecule has 2 N–H and O–H groups in total. The fraction of sp³-hybridized carbons (Fsp3) is 0.500. The molecule has 0 radical (unpaired) electrons. The highest BCUT2D eigenvalue weighted by molar-refractivity contribution is 7.22. The van der Waals surface area contributed by atoms with Gasteiger partial charge in [-0.05, 0) is 25.8 Å². The molecule has 6 nitrogen and oxygen atoms in total. The van der Waals surface area contributed by atoms with Crippen molar-refractivity contribution in [2.45, 2.75) is 46.2 Å². The van der Waals surface area contributed by atoms with E-state index in [2.05, 4.69) is 10.4 Å². The van der Waals surface area contributed by atoms with Crippen LogP contribution in [-0.2, 0) is 11.3 Å². The molecule has 2 aromatic rings. The van der Waals surface area contributed by atoms with Crippen LogP contribution in [0.4, 0.5) is 5.00 Å². The Balaban J connectivity index is 2.67. The molecule has 7 heteroatoms. The number of carboxylic acids is 1. The second-order valence-corrected chi connectivity index (χ2v) is 6.60. The molecule has 2 heterocycles. The number of aliphatic carboxylic acids is 1. The van der Waals surface area contributed by atoms with Gasteiger partial charge in [-0.3, -0.25) is 9.59 Å². The predicted molar refractivity (Wildman–Crippen MR) is 84.4 cm³/mol. The standard InChI is InChI=1S/C14H19N3O3S/c1-7(2)12-9-5-10(15-8(3)4)21-13(9)14(20)17(16-12)6-11(18)19/h5,7-8,15H,6H2,1-4H3,(H,18,19). The number of fused-ring (bicyclic) bond motifs is 1. The van der Waals surface area contributed by atoms with Crippen LogP contribution in [0.5, 0.6) is 0 Å². The van der Waals surface area contributed by atoms with E-state index in [0.717, 1.165) is 20.8 Å². The van der Waals surface area contributed by atoms with Crippen molar-refractivity contribution in [3.8, 4) is 0 Å². The molecule has 0 saturated heterocycles. The summed E-state index contributed by atoms with van der Waals surface area (Å²) in [6.07, 6.45) is 0. The Kier molecular flexibility index (Phi) is 4.32. The third-order valence-corrected chi connectivity index (χ3v) is 3.98. The monoisotopic (exact) mass is 309 g/mol. The molecule has 0 bridgehead atoms. The van der Waals surface area contributed by atoms with Crippen LogP contribution in [-0.4, -0.2) is 26.9 Å². The van der Waals surface area contributed by atoms with E-state index in [1.54, 1.807) is 0 Å². The molecule has 0 saturated carbocycles. The van der Waals surface area contributed by atoms with Crippen molar-refractivity contribution >= 4 is 32.4 Å². The molecule has 2 aromatic heterocycles. The number of aromatic nitrogens is 2. The van der Waals surface area contributed by atoms with Gasteiger partial charge in [-0.25, -0.2) is 4.68 Å². The first kappa shape index (κ1) is 15.5. The number of anilines is 1. The summed E-state index contributed by atoms with van der Waals surface area (Å²) in [6.45, 7) is 7.58. The van der Waals surface area contributed by atoms with E-state index in [1.807, 2.05) is 33.8 Å². The minimum atomic E-state index is -1.07. The molecule has 0 atom stereocenters. The van der Waals surface area contributed by atoms with Crippen LogP contribution in [0.15, 0.2) is 10.9 Å². The Morgan fingerprint density at radius 2 is 2.10 bits per heavy atom. The quantitative estimate of drug-likeness (QED) is 0.886. The van der Waals surface area contributed by atoms with Crippen molar-refractivity contribution in [2.75, 3.05) is 5.32 Å². The second kappa shape index (κ2) is 5.85. The van der Waals surface area contributed by atoms with Crippen LogP contribution in [0.1, 0.15) is 39.3 Å². The van der Waals surface area contributed by atoms with Crippen LogP contribution < -0.4 is 10.9 Å². The first-order valence-electron chi connectivity index (χ1n) is 6.82. The molecular weight excluding hydrogens is 290 g/mol. The summed E-state index contributed by atoms with van der Waals surface area (Å²) < 4.78 is 1.59. The Bertz CT molecular complexity index is 731. The van der Waals surface area contributed by atoms with Gasteiger partial charge in [-0.2, -0.15) is 5.10 Å². The molecule has 0 spiro atoms. The topological polar surface area (TPSA) is 84.2 Å². The highest BCUT2D eigenvalue weighted by Crippen LogP contribution is 2.31. The number of hydrogen-bond acceptors (Lipinski definition) is 5. The second-order valence-electron chi connectivity index (χ2n) is 5.55. The summed E-state index contributed by atoms with van der Waals surface area (Å²) in [6, 6.07) is 2.18. The van der Waals surface area contributed by atoms with Crippen LogP contribution >= 0.6 is 11.3 Å². The van der Waals surface area contributed by atoms with Crippen molar-refractivity contribution in [3.05, 3.63) is 22.1 Å². The molecule has 21 heavy (non-hydrogen) atoms. The van der Waals surface area contributed by atoms with Crippen LogP contribution in [0, 0.1) is 0 Å². The number of nitrogens with zero attached hydrogens (tertiary/aromatic N) is 2. The van der Waals surface area contributed by atoms with E-state index < -0.39 is 12.5 Å². The molecule has 0 aliphatic rings. The van der Waals surface area contributed by atoms with Gasteiger partial charge in [0.15, 0.2) is 0 Å². The van der Waals surface area contributed by atoms with Gasteiger partial charge in [0.1, 0.15) is 11.2 Å². The summed E-state index contributed by atoms with van der Waals surface area (Å²) in [5.74, 6) is -0.967. The van der Waals surface area contributed by atoms with Crippen molar-refractivity contribution in [3.63, 3.8) is 0 Å². The molecule has 0 fully saturated rings. The van der Waals surface area contributed by atoms with E-state index in [-0.39, 0.29) is 17.5 Å². The van der Waals surface area contributed by atoms with Crippen molar-refractivity contribution in [2.24, 2.45) is 0 Å². The Morgan fingerprint density at radius 1 is 1.43 bits per heavy atom. The zero-order valence-corrected chi connectivity index (χ0v) is 13.3. The van der Waals surface area contributed by atoms with E-state index in [4.69, 9.17) is 5.11 Å². The first-order chi connectivity index (χ1) is 9.79. The Hall–Kier alpha value is -1.89. The zero-order chi connectivity index (χ0) is 15.7. The Morgan fingerprint density at radius 3 is 2.62 bits per heavy atom. The highest BCUT2D eigenvalue weighted by atomic mass is 32.1. The minimum absolute atomic E-state index is 0.106. The van der Waals surface area contributed by atoms with Crippen LogP contribution in [0.25, 0.3) is 10.1 Å². The summed E-state index contributed by atoms with van der Waals surface area (Å²) in [7, 11) is 0. The smallest absolute Gasteiger partial charge is 0.325 e. The number of thiophene rings is 1. The zero-order valence-electron chi connectivity index (χ0n) is 12.5. The van der Waals surface area contributed by atoms with Gasteiger partial charge in [0, 0.05) is 11.4 Å². The lowest BCUT2D eigenvalue weighted by Crippen LogP contribution is -2.27. The summed E-state index contributed by atoms with van der Waals surface area (Å²) in [5.41, 5.74) is 0.400. The summed E-state index contributed by atoms with van der Waals surface area (Å²) >= 11 is 1.35. The van der Waals surface area contributed by atoms with E-state index in [0.29, 0.717) is 4.70 Å². The minimum Gasteiger partial charge on any atom is -0.480 e. The van der Waals surface area contributed by atoms with Crippen molar-refractivity contribution in [1.82, 2.24) is 9.78 Å². The fourth-order valence-electron chi connectivity index (χ4n) is 2.10. The average molecular weight is 309 g/mol. The van der Waals surface area contributed by atoms with E-state index in [9.17, 15) is 9.59 Å². The maximum absolute atomic E-state index is 12.4. The van der Waals surface area contributed by atoms with Gasteiger partial charge in [0.2, 0.25) is 0 Å². The maximum atomic E-state index is 12.4. The number of carbonyl (C=O) groups is 1. The molecule has 0 aliphatic heterocycles. The third-order valence-electron chi connectivity index (χ3n) is 2.93. The van der Waals surface area contributed by atoms with Gasteiger partial charge < -0.3 is 10.4 Å². The first-order valence-corrected chi connectivity index (χ1v) is 7.64. The normalized spacial score (nSPS) is 11.5. The number of hydrogen-bond donors (Lipinski definition) is 2. The SMILES string of the molecule is CC(C)Nc1cc2c(C(C)C)nn(CC(=O)O)c(=O)c2s1. The molecule has 2 rings (SSSR count). The maximum Gasteiger partial charge on any atom is 0.325 e. The summed E-state index contributed by atoms with van der Waals surface area (Å²) in [5, 5.41) is 18.1. The van der Waals surface area contributed by atoms with E-state index in [1.165, 1.54) is 11.3 Å². The molecule has 0 aliphatic carbocycles. The predicted octanol–water partition coefficient (Wildman–Crippen LogP) is 2.49. The number of rotatable bonds is 5. The van der Waals surface area contributed by atoms with E-state index >= 15 is 0 Å². The lowest BCUT2D eigenvalue weighted by Gasteiger charge is -2.09. The lowest BCUT2D eigenvalue weighted by molar-refractivity contribution is -0.138. The summed E-state index contributed by atoms with van der Waals surface area (Å²) in [4.78, 5) is 23.2. The third kappa shape index (κ3) is 3.24. The van der Waals surface area contributed by atoms with Crippen LogP contribution in [0.3, 0.4) is 0 Å². The average Bonchev–Trinajstić information content (AvgIpc) is 2.74. The van der Waals surface area contributed by atoms with Gasteiger partial charge in [-0.1, -0.05) is 13.8 Å². The number of carboxylic acid groups (broad SMARTS) is 1. The van der Waals surface area contributed by atoms with Gasteiger partial charge in [0.05, 0.1) is 10.7 Å². The highest BCUT2D eigenvalue weighted by Gasteiger charge is 2.17. The fourth-order valence-corrected chi connectivity index (χ4v) is 3.26. The largest absolute Gasteiger partial charge is 0.480 e. The van der Waals surface area contributed by atoms with Gasteiger partial charge in [0.25, 0.3) is 5.56 Å². The van der Waals surface area contributed by atoms with Gasteiger partial charge in [-0.15, -0.1) is 11.3 Å². The molecule has 114 valence electrons. The molecular formula is C14H19N3O3S. The van der Waals surface area contributed by atoms with Gasteiger partial charge >= 0.3 is 5.97 Å². The lowest BCUT2D eigenvalue weighted by atomic mass is 10.1. The molecule has 0 unspecified atom stereocenters. The van der Waals surface area contributed by atoms with Crippen LogP contribution in [0.2, 0.25) is 0 Å². The van der Waals surface area contributed by atoms with Crippen molar-refractivity contribution in [1.29, 1.82) is 0 Å². The molecule has 0 aromatic carbocycles. The van der Waals surface area contributed by atoms with Crippen molar-refractivity contribution < 1.29 is 9.90 Å².